The highest BCUT2D eigenvalue weighted by molar-refractivity contribution is 7.89. The summed E-state index contributed by atoms with van der Waals surface area (Å²) in [6.45, 7) is 5.42. The summed E-state index contributed by atoms with van der Waals surface area (Å²) in [5.74, 6) is 0.0621. The van der Waals surface area contributed by atoms with Crippen molar-refractivity contribution < 1.29 is 17.9 Å². The predicted octanol–water partition coefficient (Wildman–Crippen LogP) is 1.64. The number of nitrogens with zero attached hydrogens (tertiary/aromatic N) is 1. The van der Waals surface area contributed by atoms with Crippen molar-refractivity contribution in [1.82, 2.24) is 4.31 Å². The molecule has 0 radical (unpaired) electrons. The lowest BCUT2D eigenvalue weighted by Crippen LogP contribution is -2.48. The summed E-state index contributed by atoms with van der Waals surface area (Å²) in [5.41, 5.74) is 0. The minimum Gasteiger partial charge on any atom is -0.469 e. The van der Waals surface area contributed by atoms with Gasteiger partial charge in [-0.3, -0.25) is 4.79 Å². The van der Waals surface area contributed by atoms with Crippen LogP contribution in [0.25, 0.3) is 0 Å². The van der Waals surface area contributed by atoms with E-state index >= 15 is 0 Å². The molecule has 1 aliphatic heterocycles. The van der Waals surface area contributed by atoms with E-state index in [4.69, 9.17) is 4.74 Å². The second kappa shape index (κ2) is 6.02. The van der Waals surface area contributed by atoms with Gasteiger partial charge in [0.25, 0.3) is 0 Å². The van der Waals surface area contributed by atoms with E-state index in [1.165, 1.54) is 7.11 Å². The average molecular weight is 303 g/mol. The Morgan fingerprint density at radius 2 is 1.85 bits per heavy atom. The Labute approximate surface area is 121 Å². The number of carbonyl (C=O) groups excluding carboxylic acids is 1. The van der Waals surface area contributed by atoms with Crippen molar-refractivity contribution in [2.24, 2.45) is 17.8 Å². The molecule has 4 atom stereocenters. The van der Waals surface area contributed by atoms with E-state index in [0.717, 1.165) is 12.8 Å². The maximum absolute atomic E-state index is 12.8. The Morgan fingerprint density at radius 3 is 2.45 bits per heavy atom. The first kappa shape index (κ1) is 15.8. The number of methoxy groups -OCH3 is 1. The van der Waals surface area contributed by atoms with Crippen molar-refractivity contribution in [3.05, 3.63) is 0 Å². The highest BCUT2D eigenvalue weighted by atomic mass is 32.2. The van der Waals surface area contributed by atoms with Crippen LogP contribution >= 0.6 is 0 Å². The van der Waals surface area contributed by atoms with Crippen molar-refractivity contribution in [2.45, 2.75) is 44.8 Å². The van der Waals surface area contributed by atoms with Crippen molar-refractivity contribution in [3.8, 4) is 0 Å². The molecule has 5 nitrogen and oxygen atoms in total. The van der Waals surface area contributed by atoms with Gasteiger partial charge in [-0.15, -0.1) is 0 Å². The molecule has 0 spiro atoms. The van der Waals surface area contributed by atoms with Crippen LogP contribution in [0.4, 0.5) is 0 Å². The number of sulfonamides is 1. The zero-order valence-corrected chi connectivity index (χ0v) is 13.4. The first-order valence-corrected chi connectivity index (χ1v) is 8.95. The molecule has 0 aromatic heterocycles. The van der Waals surface area contributed by atoms with Gasteiger partial charge in [-0.2, -0.15) is 0 Å². The minimum absolute atomic E-state index is 0.372. The molecular formula is C14H25NO4S. The molecule has 2 aliphatic rings. The zero-order valence-electron chi connectivity index (χ0n) is 12.5. The highest BCUT2D eigenvalue weighted by Crippen LogP contribution is 2.35. The molecular weight excluding hydrogens is 278 g/mol. The zero-order chi connectivity index (χ0) is 14.9. The third kappa shape index (κ3) is 2.86. The standard InChI is InChI=1S/C14H25NO4S/c1-10-7-8-15(9-11(10)2)20(17,18)13-6-4-5-12(13)14(16)19-3/h10-13H,4-9H2,1-3H3. The average Bonchev–Trinajstić information content (AvgIpc) is 2.90. The summed E-state index contributed by atoms with van der Waals surface area (Å²) in [6.07, 6.45) is 2.87. The summed E-state index contributed by atoms with van der Waals surface area (Å²) in [5, 5.41) is -0.587. The highest BCUT2D eigenvalue weighted by Gasteiger charge is 2.45. The van der Waals surface area contributed by atoms with Crippen LogP contribution in [-0.2, 0) is 19.6 Å². The number of carbonyl (C=O) groups is 1. The van der Waals surface area contributed by atoms with Gasteiger partial charge in [-0.1, -0.05) is 20.3 Å². The molecule has 1 saturated heterocycles. The summed E-state index contributed by atoms with van der Waals surface area (Å²) in [6, 6.07) is 0. The van der Waals surface area contributed by atoms with E-state index in [-0.39, 0.29) is 5.97 Å². The van der Waals surface area contributed by atoms with Crippen molar-refractivity contribution in [2.75, 3.05) is 20.2 Å². The number of hydrogen-bond donors (Lipinski definition) is 0. The molecule has 116 valence electrons. The van der Waals surface area contributed by atoms with Crippen LogP contribution in [0.1, 0.15) is 39.5 Å². The SMILES string of the molecule is COC(=O)C1CCCC1S(=O)(=O)N1CCC(C)C(C)C1. The molecule has 4 unspecified atom stereocenters. The quantitative estimate of drug-likeness (QED) is 0.744. The molecule has 2 fully saturated rings. The van der Waals surface area contributed by atoms with Gasteiger partial charge >= 0.3 is 5.97 Å². The monoisotopic (exact) mass is 303 g/mol. The third-order valence-electron chi connectivity index (χ3n) is 5.00. The Bertz CT molecular complexity index is 462. The molecule has 2 rings (SSSR count). The van der Waals surface area contributed by atoms with Crippen LogP contribution in [0.3, 0.4) is 0 Å². The van der Waals surface area contributed by atoms with Crippen molar-refractivity contribution in [3.63, 3.8) is 0 Å². The van der Waals surface area contributed by atoms with Crippen LogP contribution < -0.4 is 0 Å². The number of esters is 1. The largest absolute Gasteiger partial charge is 0.469 e. The number of piperidine rings is 1. The van der Waals surface area contributed by atoms with Crippen molar-refractivity contribution >= 4 is 16.0 Å². The van der Waals surface area contributed by atoms with Gasteiger partial charge in [0.1, 0.15) is 0 Å². The number of ether oxygens (including phenoxy) is 1. The van der Waals surface area contributed by atoms with Gasteiger partial charge in [0, 0.05) is 13.1 Å². The summed E-state index contributed by atoms with van der Waals surface area (Å²) >= 11 is 0. The van der Waals surface area contributed by atoms with E-state index in [1.807, 2.05) is 0 Å². The van der Waals surface area contributed by atoms with Crippen LogP contribution in [0.2, 0.25) is 0 Å². The van der Waals surface area contributed by atoms with Crippen molar-refractivity contribution in [1.29, 1.82) is 0 Å². The predicted molar refractivity (Wildman–Crippen MR) is 76.6 cm³/mol. The Kier molecular flexibility index (Phi) is 4.74. The lowest BCUT2D eigenvalue weighted by atomic mass is 9.90. The third-order valence-corrected chi connectivity index (χ3v) is 7.38. The molecule has 1 aliphatic carbocycles. The van der Waals surface area contributed by atoms with E-state index in [2.05, 4.69) is 13.8 Å². The molecule has 6 heteroatoms. The minimum atomic E-state index is -3.39. The second-order valence-electron chi connectivity index (χ2n) is 6.25. The van der Waals surface area contributed by atoms with Crippen LogP contribution in [0, 0.1) is 17.8 Å². The van der Waals surface area contributed by atoms with E-state index < -0.39 is 21.2 Å². The van der Waals surface area contributed by atoms with Gasteiger partial charge in [0.15, 0.2) is 0 Å². The Hall–Kier alpha value is -0.620. The second-order valence-corrected chi connectivity index (χ2v) is 8.40. The molecule has 20 heavy (non-hydrogen) atoms. The first-order valence-electron chi connectivity index (χ1n) is 7.44. The molecule has 1 heterocycles. The number of rotatable bonds is 3. The van der Waals surface area contributed by atoms with Gasteiger partial charge in [-0.05, 0) is 31.1 Å². The van der Waals surface area contributed by atoms with Crippen LogP contribution in [0.5, 0.6) is 0 Å². The lowest BCUT2D eigenvalue weighted by Gasteiger charge is -2.36. The molecule has 0 amide bonds. The molecule has 0 N–H and O–H groups in total. The molecule has 1 saturated carbocycles. The van der Waals surface area contributed by atoms with E-state index in [1.54, 1.807) is 4.31 Å². The van der Waals surface area contributed by atoms with E-state index in [0.29, 0.717) is 37.8 Å². The maximum Gasteiger partial charge on any atom is 0.310 e. The van der Waals surface area contributed by atoms with Gasteiger partial charge in [0.05, 0.1) is 18.3 Å². The number of hydrogen-bond acceptors (Lipinski definition) is 4. The van der Waals surface area contributed by atoms with Gasteiger partial charge in [0.2, 0.25) is 10.0 Å². The topological polar surface area (TPSA) is 63.7 Å². The van der Waals surface area contributed by atoms with Gasteiger partial charge < -0.3 is 4.74 Å². The van der Waals surface area contributed by atoms with Gasteiger partial charge in [-0.25, -0.2) is 12.7 Å². The molecule has 0 aromatic rings. The van der Waals surface area contributed by atoms with E-state index in [9.17, 15) is 13.2 Å². The van der Waals surface area contributed by atoms with Crippen LogP contribution in [0.15, 0.2) is 0 Å². The Balaban J connectivity index is 2.15. The fraction of sp³-hybridized carbons (Fsp3) is 0.929. The molecule has 0 bridgehead atoms. The summed E-state index contributed by atoms with van der Waals surface area (Å²) < 4.78 is 31.9. The molecule has 0 aromatic carbocycles. The fourth-order valence-corrected chi connectivity index (χ4v) is 5.66. The van der Waals surface area contributed by atoms with Crippen LogP contribution in [-0.4, -0.2) is 44.1 Å². The maximum atomic E-state index is 12.8. The Morgan fingerprint density at radius 1 is 1.15 bits per heavy atom. The normalized spacial score (nSPS) is 36.0. The fourth-order valence-electron chi connectivity index (χ4n) is 3.35. The summed E-state index contributed by atoms with van der Waals surface area (Å²) in [7, 11) is -2.06. The summed E-state index contributed by atoms with van der Waals surface area (Å²) in [4.78, 5) is 11.8. The first-order chi connectivity index (χ1) is 9.37. The lowest BCUT2D eigenvalue weighted by molar-refractivity contribution is -0.145. The smallest absolute Gasteiger partial charge is 0.310 e.